The zero-order valence-corrected chi connectivity index (χ0v) is 18.0. The van der Waals surface area contributed by atoms with Gasteiger partial charge < -0.3 is 25.4 Å². The second-order valence-corrected chi connectivity index (χ2v) is 8.41. The molecule has 3 heterocycles. The summed E-state index contributed by atoms with van der Waals surface area (Å²) in [5, 5.41) is 17.7. The van der Waals surface area contributed by atoms with Crippen LogP contribution in [-0.2, 0) is 0 Å². The van der Waals surface area contributed by atoms with Gasteiger partial charge in [0.25, 0.3) is 0 Å². The molecule has 1 fully saturated rings. The molecule has 29 heavy (non-hydrogen) atoms. The van der Waals surface area contributed by atoms with Crippen LogP contribution in [0.3, 0.4) is 0 Å². The van der Waals surface area contributed by atoms with E-state index in [0.717, 1.165) is 43.0 Å². The predicted octanol–water partition coefficient (Wildman–Crippen LogP) is 2.13. The maximum Gasteiger partial charge on any atom is 0.169 e. The normalized spacial score (nSPS) is 29.7. The Morgan fingerprint density at radius 3 is 2.76 bits per heavy atom. The minimum atomic E-state index is -0.0184. The van der Waals surface area contributed by atoms with Crippen molar-refractivity contribution in [2.45, 2.75) is 64.6 Å². The van der Waals surface area contributed by atoms with Gasteiger partial charge in [-0.3, -0.25) is 10.6 Å². The molecule has 5 N–H and O–H groups in total. The molecule has 1 aromatic carbocycles. The molecule has 0 saturated carbocycles. The maximum atomic E-state index is 6.10. The van der Waals surface area contributed by atoms with E-state index in [2.05, 4.69) is 59.5 Å². The second-order valence-electron chi connectivity index (χ2n) is 8.41. The molecule has 0 aromatic heterocycles. The number of hydrogen-bond donors (Lipinski definition) is 5. The fraction of sp³-hybridized carbons (Fsp3) is 0.636. The first-order valence-corrected chi connectivity index (χ1v) is 10.9. The molecule has 7 nitrogen and oxygen atoms in total. The number of fused-ring (bicyclic) bond motifs is 1. The molecule has 160 valence electrons. The van der Waals surface area contributed by atoms with Gasteiger partial charge in [-0.15, -0.1) is 0 Å². The fourth-order valence-electron chi connectivity index (χ4n) is 4.47. The van der Waals surface area contributed by atoms with Crippen LogP contribution < -0.4 is 36.1 Å². The van der Waals surface area contributed by atoms with Crippen molar-refractivity contribution >= 4 is 11.3 Å². The molecule has 0 bridgehead atoms. The fourth-order valence-corrected chi connectivity index (χ4v) is 4.47. The highest BCUT2D eigenvalue weighted by atomic mass is 16.6. The van der Waals surface area contributed by atoms with Crippen LogP contribution in [0.1, 0.15) is 44.2 Å². The molecular formula is C22H35N5O2. The summed E-state index contributed by atoms with van der Waals surface area (Å²) in [6.45, 7) is 8.71. The third kappa shape index (κ3) is 4.53. The Morgan fingerprint density at radius 1 is 1.10 bits per heavy atom. The number of nitrogens with one attached hydrogen (secondary N) is 5. The summed E-state index contributed by atoms with van der Waals surface area (Å²) in [5.74, 6) is 1.73. The number of ether oxygens (including phenoxy) is 2. The van der Waals surface area contributed by atoms with E-state index in [4.69, 9.17) is 9.47 Å². The zero-order valence-electron chi connectivity index (χ0n) is 18.0. The summed E-state index contributed by atoms with van der Waals surface area (Å²) >= 11 is 0. The monoisotopic (exact) mass is 401 g/mol. The predicted molar refractivity (Wildman–Crippen MR) is 117 cm³/mol. The van der Waals surface area contributed by atoms with Crippen molar-refractivity contribution in [3.63, 3.8) is 0 Å². The number of anilines is 1. The molecule has 0 amide bonds. The molecule has 0 spiro atoms. The second kappa shape index (κ2) is 8.92. The van der Waals surface area contributed by atoms with Crippen molar-refractivity contribution in [3.8, 4) is 11.5 Å². The molecular weight excluding hydrogens is 366 g/mol. The highest BCUT2D eigenvalue weighted by molar-refractivity contribution is 5.81. The van der Waals surface area contributed by atoms with Gasteiger partial charge in [-0.25, -0.2) is 0 Å². The van der Waals surface area contributed by atoms with Crippen molar-refractivity contribution in [2.24, 2.45) is 0 Å². The Balaban J connectivity index is 1.67. The molecule has 0 aliphatic carbocycles. The molecule has 7 heteroatoms. The van der Waals surface area contributed by atoms with E-state index >= 15 is 0 Å². The van der Waals surface area contributed by atoms with Gasteiger partial charge in [0, 0.05) is 35.9 Å². The molecule has 3 aliphatic heterocycles. The van der Waals surface area contributed by atoms with Crippen molar-refractivity contribution in [1.82, 2.24) is 21.3 Å². The molecule has 3 aliphatic rings. The average molecular weight is 402 g/mol. The Bertz CT molecular complexity index is 766. The van der Waals surface area contributed by atoms with Gasteiger partial charge in [0.1, 0.15) is 19.5 Å². The van der Waals surface area contributed by atoms with E-state index in [1.165, 1.54) is 16.7 Å². The summed E-state index contributed by atoms with van der Waals surface area (Å²) in [7, 11) is 1.99. The van der Waals surface area contributed by atoms with Gasteiger partial charge in [-0.2, -0.15) is 0 Å². The van der Waals surface area contributed by atoms with Gasteiger partial charge in [0.2, 0.25) is 0 Å². The smallest absolute Gasteiger partial charge is 0.169 e. The lowest BCUT2D eigenvalue weighted by atomic mass is 9.93. The third-order valence-corrected chi connectivity index (χ3v) is 6.13. The minimum absolute atomic E-state index is 0.0184. The highest BCUT2D eigenvalue weighted by Gasteiger charge is 2.28. The van der Waals surface area contributed by atoms with Crippen LogP contribution in [0.25, 0.3) is 5.57 Å². The summed E-state index contributed by atoms with van der Waals surface area (Å²) in [4.78, 5) is 0. The van der Waals surface area contributed by atoms with Crippen LogP contribution in [0, 0.1) is 6.92 Å². The van der Waals surface area contributed by atoms with Crippen LogP contribution >= 0.6 is 0 Å². The number of rotatable bonds is 4. The lowest BCUT2D eigenvalue weighted by Gasteiger charge is -2.37. The Labute approximate surface area is 174 Å². The molecule has 4 atom stereocenters. The van der Waals surface area contributed by atoms with Crippen LogP contribution in [0.15, 0.2) is 12.1 Å². The Morgan fingerprint density at radius 2 is 1.93 bits per heavy atom. The van der Waals surface area contributed by atoms with Crippen molar-refractivity contribution in [2.75, 3.05) is 32.1 Å². The quantitative estimate of drug-likeness (QED) is 0.529. The van der Waals surface area contributed by atoms with E-state index in [9.17, 15) is 0 Å². The Kier molecular flexibility index (Phi) is 6.29. The Hall–Kier alpha value is -1.80. The van der Waals surface area contributed by atoms with Crippen molar-refractivity contribution in [3.05, 3.63) is 23.3 Å². The van der Waals surface area contributed by atoms with Crippen molar-refractivity contribution in [1.29, 1.82) is 0 Å². The largest absolute Gasteiger partial charge is 0.486 e. The number of benzene rings is 1. The van der Waals surface area contributed by atoms with Gasteiger partial charge in [0.15, 0.2) is 11.5 Å². The molecule has 0 radical (unpaired) electrons. The van der Waals surface area contributed by atoms with E-state index in [1.54, 1.807) is 0 Å². The third-order valence-electron chi connectivity index (χ3n) is 6.13. The number of hydrogen-bond acceptors (Lipinski definition) is 7. The van der Waals surface area contributed by atoms with E-state index < -0.39 is 0 Å². The van der Waals surface area contributed by atoms with Crippen LogP contribution in [0.2, 0.25) is 0 Å². The number of allylic oxidation sites excluding steroid dienone is 1. The van der Waals surface area contributed by atoms with Gasteiger partial charge >= 0.3 is 0 Å². The molecule has 4 rings (SSSR count). The van der Waals surface area contributed by atoms with E-state index in [1.807, 2.05) is 7.05 Å². The topological polar surface area (TPSA) is 78.6 Å². The summed E-state index contributed by atoms with van der Waals surface area (Å²) < 4.78 is 12.1. The minimum Gasteiger partial charge on any atom is -0.486 e. The van der Waals surface area contributed by atoms with Crippen molar-refractivity contribution < 1.29 is 9.47 Å². The van der Waals surface area contributed by atoms with Gasteiger partial charge in [0.05, 0.1) is 6.17 Å². The molecule has 3 unspecified atom stereocenters. The summed E-state index contributed by atoms with van der Waals surface area (Å²) in [6.07, 6.45) is 5.76. The SMILES string of the molecule is CNC1CC(C)NC(Nc2cc3c(c(C4=CCN[C@H](C)CC4)c2C)OCCO3)N1. The first-order valence-electron chi connectivity index (χ1n) is 10.9. The van der Waals surface area contributed by atoms with E-state index in [0.29, 0.717) is 25.3 Å². The van der Waals surface area contributed by atoms with E-state index in [-0.39, 0.29) is 12.5 Å². The maximum absolute atomic E-state index is 6.10. The standard InChI is InChI=1S/C22H35N5O2/c1-13-5-6-16(7-8-24-13)20-15(3)17(12-18-21(20)29-10-9-28-18)26-22-25-14(2)11-19(23-4)27-22/h7,12-14,19,22-27H,5-6,8-11H2,1-4H3/t13-,14?,19?,22?/m1/s1. The summed E-state index contributed by atoms with van der Waals surface area (Å²) in [5.41, 5.74) is 4.81. The van der Waals surface area contributed by atoms with Crippen LogP contribution in [-0.4, -0.2) is 51.3 Å². The highest BCUT2D eigenvalue weighted by Crippen LogP contribution is 2.44. The zero-order chi connectivity index (χ0) is 20.4. The lowest BCUT2D eigenvalue weighted by molar-refractivity contribution is 0.171. The first-order chi connectivity index (χ1) is 14.0. The van der Waals surface area contributed by atoms with Gasteiger partial charge in [-0.05, 0) is 58.2 Å². The van der Waals surface area contributed by atoms with Crippen LogP contribution in [0.4, 0.5) is 5.69 Å². The average Bonchev–Trinajstić information content (AvgIpc) is 2.92. The summed E-state index contributed by atoms with van der Waals surface area (Å²) in [6, 6.07) is 3.02. The molecule has 1 saturated heterocycles. The lowest BCUT2D eigenvalue weighted by Crippen LogP contribution is -2.63. The van der Waals surface area contributed by atoms with Gasteiger partial charge in [-0.1, -0.05) is 6.08 Å². The van der Waals surface area contributed by atoms with Crippen LogP contribution in [0.5, 0.6) is 11.5 Å². The first kappa shape index (κ1) is 20.5. The molecule has 1 aromatic rings.